The molecule has 1 rings (SSSR count). The average Bonchev–Trinajstić information content (AvgIpc) is 2.80. The van der Waals surface area contributed by atoms with Gasteiger partial charge in [0.25, 0.3) is 0 Å². The Morgan fingerprint density at radius 3 is 2.14 bits per heavy atom. The van der Waals surface area contributed by atoms with Gasteiger partial charge in [0, 0.05) is 6.54 Å². The van der Waals surface area contributed by atoms with Gasteiger partial charge in [0.1, 0.15) is 0 Å². The second-order valence-corrected chi connectivity index (χ2v) is 10.0. The van der Waals surface area contributed by atoms with Crippen LogP contribution in [0.15, 0.2) is 0 Å². The number of nitrogens with zero attached hydrogens (tertiary/aromatic N) is 1. The van der Waals surface area contributed by atoms with Crippen LogP contribution in [-0.4, -0.2) is 55.4 Å². The van der Waals surface area contributed by atoms with Crippen molar-refractivity contribution in [1.29, 1.82) is 0 Å². The lowest BCUT2D eigenvalue weighted by Crippen LogP contribution is -2.50. The van der Waals surface area contributed by atoms with Crippen LogP contribution in [0.1, 0.15) is 47.5 Å². The van der Waals surface area contributed by atoms with Crippen molar-refractivity contribution in [2.24, 2.45) is 5.92 Å². The number of nitrogens with one attached hydrogen (secondary N) is 1. The zero-order chi connectivity index (χ0) is 16.3. The molecule has 1 amide bonds. The predicted octanol–water partition coefficient (Wildman–Crippen LogP) is 1.44. The highest BCUT2D eigenvalue weighted by molar-refractivity contribution is 7.92. The fourth-order valence-electron chi connectivity index (χ4n) is 2.63. The molecule has 0 aromatic carbocycles. The van der Waals surface area contributed by atoms with Gasteiger partial charge in [0.2, 0.25) is 5.91 Å². The van der Waals surface area contributed by atoms with E-state index < -0.39 is 14.6 Å². The van der Waals surface area contributed by atoms with Crippen molar-refractivity contribution in [3.63, 3.8) is 0 Å². The van der Waals surface area contributed by atoms with Gasteiger partial charge < -0.3 is 5.32 Å². The third kappa shape index (κ3) is 4.95. The Morgan fingerprint density at radius 2 is 1.71 bits per heavy atom. The first-order valence-corrected chi connectivity index (χ1v) is 9.45. The molecule has 5 nitrogen and oxygen atoms in total. The summed E-state index contributed by atoms with van der Waals surface area (Å²) < 4.78 is 23.3. The summed E-state index contributed by atoms with van der Waals surface area (Å²) in [6.45, 7) is 11.2. The first-order valence-electron chi connectivity index (χ1n) is 7.80. The maximum Gasteiger partial charge on any atom is 0.237 e. The van der Waals surface area contributed by atoms with Crippen LogP contribution in [0.2, 0.25) is 0 Å². The van der Waals surface area contributed by atoms with Crippen LogP contribution < -0.4 is 5.32 Å². The highest BCUT2D eigenvalue weighted by Crippen LogP contribution is 2.18. The summed E-state index contributed by atoms with van der Waals surface area (Å²) in [5.74, 6) is 0.172. The second-order valence-electron chi connectivity index (χ2n) is 7.15. The molecular formula is C15H30N2O3S. The summed E-state index contributed by atoms with van der Waals surface area (Å²) in [7, 11) is -3.19. The lowest BCUT2D eigenvalue weighted by molar-refractivity contribution is -0.127. The van der Waals surface area contributed by atoms with E-state index in [9.17, 15) is 13.2 Å². The highest BCUT2D eigenvalue weighted by Gasteiger charge is 2.32. The molecule has 0 aliphatic carbocycles. The number of likely N-dealkylation sites (tertiary alicyclic amines) is 1. The van der Waals surface area contributed by atoms with E-state index in [2.05, 4.69) is 10.2 Å². The van der Waals surface area contributed by atoms with Gasteiger partial charge in [-0.05, 0) is 52.6 Å². The smallest absolute Gasteiger partial charge is 0.237 e. The molecule has 0 spiro atoms. The molecular weight excluding hydrogens is 288 g/mol. The lowest BCUT2D eigenvalue weighted by atomic mass is 10.0. The maximum atomic E-state index is 12.4. The van der Waals surface area contributed by atoms with E-state index >= 15 is 0 Å². The monoisotopic (exact) mass is 318 g/mol. The molecule has 1 atom stereocenters. The van der Waals surface area contributed by atoms with Gasteiger partial charge in [-0.3, -0.25) is 9.69 Å². The molecule has 21 heavy (non-hydrogen) atoms. The van der Waals surface area contributed by atoms with Gasteiger partial charge in [0.05, 0.1) is 16.5 Å². The molecule has 0 aromatic rings. The van der Waals surface area contributed by atoms with E-state index in [-0.39, 0.29) is 30.2 Å². The van der Waals surface area contributed by atoms with E-state index in [4.69, 9.17) is 0 Å². The van der Waals surface area contributed by atoms with E-state index in [1.807, 2.05) is 13.8 Å². The van der Waals surface area contributed by atoms with Crippen LogP contribution in [-0.2, 0) is 14.6 Å². The molecule has 124 valence electrons. The SMILES string of the molecule is CC(C)[C@@H](C(=O)NCCS(=O)(=O)C(C)(C)C)N1CCCC1. The normalized spacial score (nSPS) is 19.0. The largest absolute Gasteiger partial charge is 0.354 e. The second kappa shape index (κ2) is 7.09. The maximum absolute atomic E-state index is 12.4. The minimum absolute atomic E-state index is 0.00689. The van der Waals surface area contributed by atoms with Crippen LogP contribution in [0, 0.1) is 5.92 Å². The Morgan fingerprint density at radius 1 is 1.19 bits per heavy atom. The number of carbonyl (C=O) groups excluding carboxylic acids is 1. The summed E-state index contributed by atoms with van der Waals surface area (Å²) >= 11 is 0. The molecule has 0 radical (unpaired) electrons. The first-order chi connectivity index (χ1) is 9.56. The van der Waals surface area contributed by atoms with E-state index in [0.717, 1.165) is 25.9 Å². The highest BCUT2D eigenvalue weighted by atomic mass is 32.2. The number of amides is 1. The van der Waals surface area contributed by atoms with Gasteiger partial charge in [-0.15, -0.1) is 0 Å². The standard InChI is InChI=1S/C15H30N2O3S/c1-12(2)13(17-9-6-7-10-17)14(18)16-8-11-21(19,20)15(3,4)5/h12-13H,6-11H2,1-5H3,(H,16,18)/t13-/m0/s1. The summed E-state index contributed by atoms with van der Waals surface area (Å²) in [5.41, 5.74) is 0. The van der Waals surface area contributed by atoms with Gasteiger partial charge in [-0.2, -0.15) is 0 Å². The quantitative estimate of drug-likeness (QED) is 0.805. The summed E-state index contributed by atoms with van der Waals surface area (Å²) in [6, 6.07) is -0.148. The Balaban J connectivity index is 2.55. The Labute approximate surface area is 129 Å². The van der Waals surface area contributed by atoms with Crippen molar-refractivity contribution in [3.05, 3.63) is 0 Å². The summed E-state index contributed by atoms with van der Waals surface area (Å²) in [4.78, 5) is 14.6. The van der Waals surface area contributed by atoms with Crippen molar-refractivity contribution in [2.45, 2.75) is 58.2 Å². The number of rotatable bonds is 6. The number of carbonyl (C=O) groups is 1. The molecule has 0 bridgehead atoms. The topological polar surface area (TPSA) is 66.5 Å². The van der Waals surface area contributed by atoms with Crippen molar-refractivity contribution in [1.82, 2.24) is 10.2 Å². The third-order valence-corrected chi connectivity index (χ3v) is 6.64. The van der Waals surface area contributed by atoms with Crippen molar-refractivity contribution in [3.8, 4) is 0 Å². The van der Waals surface area contributed by atoms with Gasteiger partial charge in [-0.1, -0.05) is 13.8 Å². The van der Waals surface area contributed by atoms with Crippen molar-refractivity contribution in [2.75, 3.05) is 25.4 Å². The molecule has 0 aromatic heterocycles. The zero-order valence-electron chi connectivity index (χ0n) is 14.0. The number of hydrogen-bond donors (Lipinski definition) is 1. The first kappa shape index (κ1) is 18.4. The molecule has 1 fully saturated rings. The molecule has 0 unspecified atom stereocenters. The molecule has 6 heteroatoms. The molecule has 1 aliphatic rings. The molecule has 1 heterocycles. The van der Waals surface area contributed by atoms with Gasteiger partial charge >= 0.3 is 0 Å². The Bertz CT molecular complexity index is 446. The van der Waals surface area contributed by atoms with Crippen LogP contribution in [0.4, 0.5) is 0 Å². The van der Waals surface area contributed by atoms with Gasteiger partial charge in [-0.25, -0.2) is 8.42 Å². The minimum atomic E-state index is -3.19. The van der Waals surface area contributed by atoms with Crippen LogP contribution in [0.25, 0.3) is 0 Å². The fourth-order valence-corrected chi connectivity index (χ4v) is 3.61. The number of hydrogen-bond acceptors (Lipinski definition) is 4. The van der Waals surface area contributed by atoms with Crippen molar-refractivity contribution < 1.29 is 13.2 Å². The van der Waals surface area contributed by atoms with Gasteiger partial charge in [0.15, 0.2) is 9.84 Å². The zero-order valence-corrected chi connectivity index (χ0v) is 14.8. The minimum Gasteiger partial charge on any atom is -0.354 e. The van der Waals surface area contributed by atoms with Crippen LogP contribution in [0.5, 0.6) is 0 Å². The number of sulfone groups is 1. The average molecular weight is 318 g/mol. The molecule has 1 N–H and O–H groups in total. The fraction of sp³-hybridized carbons (Fsp3) is 0.933. The van der Waals surface area contributed by atoms with E-state index in [1.165, 1.54) is 0 Å². The molecule has 0 saturated carbocycles. The lowest BCUT2D eigenvalue weighted by Gasteiger charge is -2.29. The summed E-state index contributed by atoms with van der Waals surface area (Å²) in [6.07, 6.45) is 2.27. The molecule has 1 aliphatic heterocycles. The third-order valence-electron chi connectivity index (χ3n) is 4.04. The van der Waals surface area contributed by atoms with E-state index in [0.29, 0.717) is 0 Å². The Hall–Kier alpha value is -0.620. The van der Waals surface area contributed by atoms with Crippen LogP contribution >= 0.6 is 0 Å². The van der Waals surface area contributed by atoms with Crippen molar-refractivity contribution >= 4 is 15.7 Å². The predicted molar refractivity (Wildman–Crippen MR) is 86.0 cm³/mol. The summed E-state index contributed by atoms with van der Waals surface area (Å²) in [5, 5.41) is 2.81. The van der Waals surface area contributed by atoms with Crippen LogP contribution in [0.3, 0.4) is 0 Å². The molecule has 1 saturated heterocycles. The van der Waals surface area contributed by atoms with E-state index in [1.54, 1.807) is 20.8 Å². The Kier molecular flexibility index (Phi) is 6.23.